The van der Waals surface area contributed by atoms with Gasteiger partial charge < -0.3 is 14.6 Å². The van der Waals surface area contributed by atoms with Crippen LogP contribution in [0, 0.1) is 0 Å². The number of aliphatic hydroxyl groups excluding tert-OH is 1. The molecule has 17 heavy (non-hydrogen) atoms. The molecule has 6 nitrogen and oxygen atoms in total. The Balaban J connectivity index is 3.03. The van der Waals surface area contributed by atoms with Gasteiger partial charge in [0.25, 0.3) is 0 Å². The van der Waals surface area contributed by atoms with Gasteiger partial charge in [0.1, 0.15) is 5.76 Å². The molecule has 0 atom stereocenters. The van der Waals surface area contributed by atoms with Gasteiger partial charge in [0.05, 0.1) is 25.9 Å². The van der Waals surface area contributed by atoms with Crippen molar-refractivity contribution in [3.05, 3.63) is 35.7 Å². The molecular formula is C11H11NO5. The number of aliphatic hydroxyl groups is 1. The van der Waals surface area contributed by atoms with E-state index in [0.717, 1.165) is 6.08 Å². The number of carbonyl (C=O) groups is 2. The maximum Gasteiger partial charge on any atom is 0.339 e. The van der Waals surface area contributed by atoms with E-state index >= 15 is 0 Å². The number of methoxy groups -OCH3 is 2. The molecular weight excluding hydrogens is 226 g/mol. The predicted molar refractivity (Wildman–Crippen MR) is 58.2 cm³/mol. The average Bonchev–Trinajstić information content (AvgIpc) is 2.37. The number of hydrogen-bond acceptors (Lipinski definition) is 6. The fourth-order valence-electron chi connectivity index (χ4n) is 1.06. The van der Waals surface area contributed by atoms with Crippen LogP contribution < -0.4 is 0 Å². The molecule has 0 saturated heterocycles. The Hall–Kier alpha value is -2.37. The summed E-state index contributed by atoms with van der Waals surface area (Å²) in [7, 11) is 2.42. The summed E-state index contributed by atoms with van der Waals surface area (Å²) in [5.74, 6) is -1.62. The van der Waals surface area contributed by atoms with Gasteiger partial charge in [0.15, 0.2) is 0 Å². The van der Waals surface area contributed by atoms with E-state index in [-0.39, 0.29) is 16.9 Å². The number of carbonyl (C=O) groups excluding carboxylic acids is 2. The lowest BCUT2D eigenvalue weighted by Crippen LogP contribution is -2.03. The molecule has 1 heterocycles. The van der Waals surface area contributed by atoms with E-state index in [2.05, 4.69) is 14.5 Å². The first kappa shape index (κ1) is 12.7. The Morgan fingerprint density at radius 2 is 1.88 bits per heavy atom. The molecule has 0 aromatic carbocycles. The molecule has 0 aliphatic carbocycles. The minimum absolute atomic E-state index is 0.176. The maximum atomic E-state index is 11.2. The first-order valence-electron chi connectivity index (χ1n) is 4.61. The number of esters is 2. The largest absolute Gasteiger partial charge is 0.507 e. The molecule has 1 N–H and O–H groups in total. The molecule has 0 radical (unpaired) electrons. The highest BCUT2D eigenvalue weighted by Crippen LogP contribution is 2.12. The Morgan fingerprint density at radius 1 is 1.24 bits per heavy atom. The van der Waals surface area contributed by atoms with Gasteiger partial charge in [-0.15, -0.1) is 0 Å². The van der Waals surface area contributed by atoms with Crippen LogP contribution in [0.4, 0.5) is 0 Å². The van der Waals surface area contributed by atoms with E-state index in [0.29, 0.717) is 0 Å². The van der Waals surface area contributed by atoms with Crippen LogP contribution in [0.5, 0.6) is 0 Å². The van der Waals surface area contributed by atoms with Gasteiger partial charge in [0, 0.05) is 18.0 Å². The number of nitrogens with zero attached hydrogens (tertiary/aromatic N) is 1. The second-order valence-corrected chi connectivity index (χ2v) is 3.01. The van der Waals surface area contributed by atoms with Crippen LogP contribution >= 0.6 is 0 Å². The summed E-state index contributed by atoms with van der Waals surface area (Å²) in [6, 6.07) is 1.35. The van der Waals surface area contributed by atoms with Crippen LogP contribution in [0.25, 0.3) is 5.76 Å². The highest BCUT2D eigenvalue weighted by atomic mass is 16.5. The lowest BCUT2D eigenvalue weighted by Gasteiger charge is -2.02. The van der Waals surface area contributed by atoms with Gasteiger partial charge in [-0.2, -0.15) is 0 Å². The van der Waals surface area contributed by atoms with Crippen molar-refractivity contribution in [1.82, 2.24) is 4.98 Å². The summed E-state index contributed by atoms with van der Waals surface area (Å²) in [6.45, 7) is 0. The lowest BCUT2D eigenvalue weighted by molar-refractivity contribution is -0.134. The number of aromatic nitrogens is 1. The molecule has 0 fully saturated rings. The molecule has 0 saturated carbocycles. The van der Waals surface area contributed by atoms with E-state index in [1.807, 2.05) is 0 Å². The van der Waals surface area contributed by atoms with Gasteiger partial charge in [-0.25, -0.2) is 9.59 Å². The topological polar surface area (TPSA) is 85.7 Å². The van der Waals surface area contributed by atoms with E-state index in [9.17, 15) is 14.7 Å². The summed E-state index contributed by atoms with van der Waals surface area (Å²) in [4.78, 5) is 25.9. The highest BCUT2D eigenvalue weighted by Gasteiger charge is 2.09. The SMILES string of the molecule is COC(=O)C=C(O)c1cncc(C(=O)OC)c1. The van der Waals surface area contributed by atoms with Crippen molar-refractivity contribution in [3.8, 4) is 0 Å². The first-order chi connectivity index (χ1) is 8.08. The summed E-state index contributed by atoms with van der Waals surface area (Å²) in [5.41, 5.74) is 0.396. The number of hydrogen-bond donors (Lipinski definition) is 1. The van der Waals surface area contributed by atoms with Crippen molar-refractivity contribution in [1.29, 1.82) is 0 Å². The average molecular weight is 237 g/mol. The normalized spacial score (nSPS) is 10.8. The standard InChI is InChI=1S/C11H11NO5/c1-16-10(14)4-9(13)7-3-8(6-12-5-7)11(15)17-2/h3-6,13H,1-2H3. The zero-order valence-corrected chi connectivity index (χ0v) is 9.34. The van der Waals surface area contributed by atoms with Crippen molar-refractivity contribution >= 4 is 17.7 Å². The number of rotatable bonds is 3. The van der Waals surface area contributed by atoms with Gasteiger partial charge in [-0.05, 0) is 6.07 Å². The van der Waals surface area contributed by atoms with Crippen LogP contribution in [0.1, 0.15) is 15.9 Å². The predicted octanol–water partition coefficient (Wildman–Crippen LogP) is 0.940. The Kier molecular flexibility index (Phi) is 4.21. The Bertz CT molecular complexity index is 467. The van der Waals surface area contributed by atoms with Crippen molar-refractivity contribution in [3.63, 3.8) is 0 Å². The minimum Gasteiger partial charge on any atom is -0.507 e. The fraction of sp³-hybridized carbons (Fsp3) is 0.182. The molecule has 1 aromatic rings. The van der Waals surface area contributed by atoms with E-state index < -0.39 is 11.9 Å². The van der Waals surface area contributed by atoms with E-state index in [1.54, 1.807) is 0 Å². The van der Waals surface area contributed by atoms with Crippen LogP contribution in [0.3, 0.4) is 0 Å². The fourth-order valence-corrected chi connectivity index (χ4v) is 1.06. The van der Waals surface area contributed by atoms with Crippen LogP contribution in [0.15, 0.2) is 24.5 Å². The van der Waals surface area contributed by atoms with Crippen molar-refractivity contribution in [2.75, 3.05) is 14.2 Å². The number of ether oxygens (including phenoxy) is 2. The third-order valence-electron chi connectivity index (χ3n) is 1.91. The van der Waals surface area contributed by atoms with Crippen LogP contribution in [-0.4, -0.2) is 36.2 Å². The molecule has 0 unspecified atom stereocenters. The van der Waals surface area contributed by atoms with Gasteiger partial charge in [0.2, 0.25) is 0 Å². The highest BCUT2D eigenvalue weighted by molar-refractivity contribution is 5.92. The maximum absolute atomic E-state index is 11.2. The van der Waals surface area contributed by atoms with Gasteiger partial charge in [-0.3, -0.25) is 4.98 Å². The molecule has 1 aromatic heterocycles. The second-order valence-electron chi connectivity index (χ2n) is 3.01. The zero-order chi connectivity index (χ0) is 12.8. The molecule has 0 aliphatic rings. The van der Waals surface area contributed by atoms with Gasteiger partial charge >= 0.3 is 11.9 Å². The van der Waals surface area contributed by atoms with Crippen molar-refractivity contribution in [2.24, 2.45) is 0 Å². The third-order valence-corrected chi connectivity index (χ3v) is 1.91. The van der Waals surface area contributed by atoms with E-state index in [1.165, 1.54) is 32.7 Å². The smallest absolute Gasteiger partial charge is 0.339 e. The molecule has 90 valence electrons. The summed E-state index contributed by atoms with van der Waals surface area (Å²) >= 11 is 0. The molecule has 0 amide bonds. The summed E-state index contributed by atoms with van der Waals surface area (Å²) in [5, 5.41) is 9.57. The Labute approximate surface area is 97.5 Å². The molecule has 0 aliphatic heterocycles. The molecule has 6 heteroatoms. The molecule has 1 rings (SSSR count). The third kappa shape index (κ3) is 3.30. The minimum atomic E-state index is -0.703. The Morgan fingerprint density at radius 3 is 2.47 bits per heavy atom. The summed E-state index contributed by atoms with van der Waals surface area (Å²) < 4.78 is 8.86. The van der Waals surface area contributed by atoms with Crippen LogP contribution in [0.2, 0.25) is 0 Å². The van der Waals surface area contributed by atoms with Gasteiger partial charge in [-0.1, -0.05) is 0 Å². The summed E-state index contributed by atoms with van der Waals surface area (Å²) in [6.07, 6.45) is 3.49. The molecule has 0 spiro atoms. The zero-order valence-electron chi connectivity index (χ0n) is 9.34. The monoisotopic (exact) mass is 237 g/mol. The van der Waals surface area contributed by atoms with Crippen molar-refractivity contribution < 1.29 is 24.2 Å². The van der Waals surface area contributed by atoms with Crippen LogP contribution in [-0.2, 0) is 14.3 Å². The second kappa shape index (κ2) is 5.64. The molecule has 0 bridgehead atoms. The first-order valence-corrected chi connectivity index (χ1v) is 4.61. The van der Waals surface area contributed by atoms with Crippen molar-refractivity contribution in [2.45, 2.75) is 0 Å². The lowest BCUT2D eigenvalue weighted by atomic mass is 10.1. The number of pyridine rings is 1. The quantitative estimate of drug-likeness (QED) is 0.478. The van der Waals surface area contributed by atoms with E-state index in [4.69, 9.17) is 0 Å².